The number of hydrazone groups is 1. The molecule has 0 heterocycles. The number of halogens is 1. The van der Waals surface area contributed by atoms with Gasteiger partial charge in [-0.05, 0) is 36.4 Å². The van der Waals surface area contributed by atoms with Crippen molar-refractivity contribution in [3.05, 3.63) is 59.1 Å². The molecular formula is C16H14ClN3O3. The van der Waals surface area contributed by atoms with E-state index in [1.54, 1.807) is 42.5 Å². The van der Waals surface area contributed by atoms with Gasteiger partial charge in [0.2, 0.25) is 0 Å². The Kier molecular flexibility index (Phi) is 5.71. The summed E-state index contributed by atoms with van der Waals surface area (Å²) in [6, 6.07) is 13.5. The number of nitrogens with one attached hydrogen (secondary N) is 2. The molecule has 23 heavy (non-hydrogen) atoms. The lowest BCUT2D eigenvalue weighted by molar-refractivity contribution is -0.136. The number of carbonyl (C=O) groups excluding carboxylic acids is 2. The van der Waals surface area contributed by atoms with Crippen molar-refractivity contribution in [2.75, 3.05) is 12.4 Å². The van der Waals surface area contributed by atoms with Crippen LogP contribution in [0.5, 0.6) is 5.75 Å². The second-order valence-corrected chi connectivity index (χ2v) is 4.84. The molecule has 0 atom stereocenters. The summed E-state index contributed by atoms with van der Waals surface area (Å²) >= 11 is 5.74. The molecule has 2 aromatic rings. The van der Waals surface area contributed by atoms with Crippen LogP contribution in [0.2, 0.25) is 5.02 Å². The Morgan fingerprint density at radius 1 is 1.09 bits per heavy atom. The number of rotatable bonds is 4. The van der Waals surface area contributed by atoms with Crippen LogP contribution in [0.15, 0.2) is 53.6 Å². The van der Waals surface area contributed by atoms with Crippen molar-refractivity contribution >= 4 is 35.3 Å². The monoisotopic (exact) mass is 331 g/mol. The summed E-state index contributed by atoms with van der Waals surface area (Å²) in [7, 11) is 1.53. The van der Waals surface area contributed by atoms with Crippen LogP contribution in [0.3, 0.4) is 0 Å². The molecule has 0 saturated heterocycles. The van der Waals surface area contributed by atoms with E-state index in [2.05, 4.69) is 15.8 Å². The zero-order valence-corrected chi connectivity index (χ0v) is 13.0. The van der Waals surface area contributed by atoms with Crippen molar-refractivity contribution in [3.63, 3.8) is 0 Å². The summed E-state index contributed by atoms with van der Waals surface area (Å²) in [6.45, 7) is 0. The first-order chi connectivity index (χ1) is 11.1. The minimum Gasteiger partial charge on any atom is -0.496 e. The number of para-hydroxylation sites is 1. The summed E-state index contributed by atoms with van der Waals surface area (Å²) in [5.74, 6) is -1.10. The number of hydrogen-bond acceptors (Lipinski definition) is 4. The van der Waals surface area contributed by atoms with Gasteiger partial charge in [-0.15, -0.1) is 0 Å². The zero-order chi connectivity index (χ0) is 16.7. The van der Waals surface area contributed by atoms with E-state index in [0.717, 1.165) is 0 Å². The van der Waals surface area contributed by atoms with Gasteiger partial charge in [-0.2, -0.15) is 5.10 Å². The largest absolute Gasteiger partial charge is 0.496 e. The second kappa shape index (κ2) is 7.95. The number of benzene rings is 2. The van der Waals surface area contributed by atoms with E-state index in [1.807, 2.05) is 6.07 Å². The third kappa shape index (κ3) is 4.82. The van der Waals surface area contributed by atoms with Gasteiger partial charge in [-0.25, -0.2) is 5.43 Å². The molecule has 2 N–H and O–H groups in total. The maximum atomic E-state index is 11.7. The maximum Gasteiger partial charge on any atom is 0.329 e. The Labute approximate surface area is 138 Å². The molecule has 0 bridgehead atoms. The van der Waals surface area contributed by atoms with Gasteiger partial charge in [0.15, 0.2) is 0 Å². The summed E-state index contributed by atoms with van der Waals surface area (Å²) < 4.78 is 5.14. The molecule has 7 heteroatoms. The Bertz CT molecular complexity index is 730. The van der Waals surface area contributed by atoms with Crippen molar-refractivity contribution in [3.8, 4) is 5.75 Å². The van der Waals surface area contributed by atoms with Crippen molar-refractivity contribution in [2.24, 2.45) is 5.10 Å². The van der Waals surface area contributed by atoms with Crippen LogP contribution in [-0.2, 0) is 9.59 Å². The van der Waals surface area contributed by atoms with Crippen LogP contribution >= 0.6 is 11.6 Å². The fourth-order valence-corrected chi connectivity index (χ4v) is 1.83. The SMILES string of the molecule is COc1ccccc1/C=N\NC(=O)C(=O)Nc1ccc(Cl)cc1. The minimum absolute atomic E-state index is 0.461. The molecule has 2 rings (SSSR count). The van der Waals surface area contributed by atoms with E-state index in [0.29, 0.717) is 22.0 Å². The molecule has 118 valence electrons. The van der Waals surface area contributed by atoms with Crippen LogP contribution in [0.1, 0.15) is 5.56 Å². The van der Waals surface area contributed by atoms with E-state index in [1.165, 1.54) is 13.3 Å². The molecular weight excluding hydrogens is 318 g/mol. The first-order valence-electron chi connectivity index (χ1n) is 6.63. The third-order valence-electron chi connectivity index (χ3n) is 2.82. The van der Waals surface area contributed by atoms with Gasteiger partial charge >= 0.3 is 11.8 Å². The lowest BCUT2D eigenvalue weighted by Crippen LogP contribution is -2.32. The predicted octanol–water partition coefficient (Wildman–Crippen LogP) is 2.44. The molecule has 0 saturated carbocycles. The quantitative estimate of drug-likeness (QED) is 0.513. The summed E-state index contributed by atoms with van der Waals surface area (Å²) in [4.78, 5) is 23.4. The average molecular weight is 332 g/mol. The molecule has 0 aliphatic rings. The van der Waals surface area contributed by atoms with Gasteiger partial charge in [0, 0.05) is 16.3 Å². The highest BCUT2D eigenvalue weighted by Crippen LogP contribution is 2.14. The highest BCUT2D eigenvalue weighted by atomic mass is 35.5. The van der Waals surface area contributed by atoms with Crippen LogP contribution in [0.25, 0.3) is 0 Å². The lowest BCUT2D eigenvalue weighted by Gasteiger charge is -2.04. The van der Waals surface area contributed by atoms with Crippen LogP contribution in [0.4, 0.5) is 5.69 Å². The highest BCUT2D eigenvalue weighted by molar-refractivity contribution is 6.39. The molecule has 0 aromatic heterocycles. The molecule has 0 fully saturated rings. The fraction of sp³-hybridized carbons (Fsp3) is 0.0625. The van der Waals surface area contributed by atoms with E-state index in [9.17, 15) is 9.59 Å². The van der Waals surface area contributed by atoms with Gasteiger partial charge in [-0.1, -0.05) is 23.7 Å². The summed E-state index contributed by atoms with van der Waals surface area (Å²) in [6.07, 6.45) is 1.40. The first kappa shape index (κ1) is 16.5. The molecule has 0 spiro atoms. The summed E-state index contributed by atoms with van der Waals surface area (Å²) in [5.41, 5.74) is 3.29. The Balaban J connectivity index is 1.92. The number of methoxy groups -OCH3 is 1. The predicted molar refractivity (Wildman–Crippen MR) is 88.8 cm³/mol. The van der Waals surface area contributed by atoms with Crippen molar-refractivity contribution < 1.29 is 14.3 Å². The number of hydrogen-bond donors (Lipinski definition) is 2. The zero-order valence-electron chi connectivity index (χ0n) is 12.2. The minimum atomic E-state index is -0.883. The molecule has 2 aromatic carbocycles. The van der Waals surface area contributed by atoms with Gasteiger partial charge in [0.05, 0.1) is 13.3 Å². The Morgan fingerprint density at radius 3 is 2.48 bits per heavy atom. The van der Waals surface area contributed by atoms with Gasteiger partial charge in [0.1, 0.15) is 5.75 Å². The Hall–Kier alpha value is -2.86. The van der Waals surface area contributed by atoms with E-state index < -0.39 is 11.8 Å². The number of amides is 2. The molecule has 0 unspecified atom stereocenters. The fourth-order valence-electron chi connectivity index (χ4n) is 1.71. The van der Waals surface area contributed by atoms with E-state index in [4.69, 9.17) is 16.3 Å². The third-order valence-corrected chi connectivity index (χ3v) is 3.07. The topological polar surface area (TPSA) is 79.8 Å². The molecule has 0 aliphatic heterocycles. The lowest BCUT2D eigenvalue weighted by atomic mass is 10.2. The molecule has 6 nitrogen and oxygen atoms in total. The number of anilines is 1. The van der Waals surface area contributed by atoms with Crippen LogP contribution in [-0.4, -0.2) is 25.1 Å². The van der Waals surface area contributed by atoms with Crippen LogP contribution in [0, 0.1) is 0 Å². The Morgan fingerprint density at radius 2 is 1.78 bits per heavy atom. The number of carbonyl (C=O) groups is 2. The number of nitrogens with zero attached hydrogens (tertiary/aromatic N) is 1. The number of ether oxygens (including phenoxy) is 1. The average Bonchev–Trinajstić information content (AvgIpc) is 2.57. The maximum absolute atomic E-state index is 11.7. The van der Waals surface area contributed by atoms with Crippen molar-refractivity contribution in [1.82, 2.24) is 5.43 Å². The normalized spacial score (nSPS) is 10.3. The van der Waals surface area contributed by atoms with Crippen molar-refractivity contribution in [2.45, 2.75) is 0 Å². The van der Waals surface area contributed by atoms with Crippen molar-refractivity contribution in [1.29, 1.82) is 0 Å². The van der Waals surface area contributed by atoms with Gasteiger partial charge < -0.3 is 10.1 Å². The summed E-state index contributed by atoms with van der Waals surface area (Å²) in [5, 5.41) is 6.71. The highest BCUT2D eigenvalue weighted by Gasteiger charge is 2.12. The van der Waals surface area contributed by atoms with E-state index in [-0.39, 0.29) is 0 Å². The van der Waals surface area contributed by atoms with E-state index >= 15 is 0 Å². The van der Waals surface area contributed by atoms with Gasteiger partial charge in [-0.3, -0.25) is 9.59 Å². The second-order valence-electron chi connectivity index (χ2n) is 4.40. The first-order valence-corrected chi connectivity index (χ1v) is 7.01. The smallest absolute Gasteiger partial charge is 0.329 e. The molecule has 0 aliphatic carbocycles. The molecule has 0 radical (unpaired) electrons. The van der Waals surface area contributed by atoms with Gasteiger partial charge in [0.25, 0.3) is 0 Å². The standard InChI is InChI=1S/C16H14ClN3O3/c1-23-14-5-3-2-4-11(14)10-18-20-16(22)15(21)19-13-8-6-12(17)7-9-13/h2-10H,1H3,(H,19,21)(H,20,22)/b18-10-. The van der Waals surface area contributed by atoms with Crippen LogP contribution < -0.4 is 15.5 Å². The molecule has 2 amide bonds.